The van der Waals surface area contributed by atoms with Crippen LogP contribution in [0.5, 0.6) is 0 Å². The number of aliphatic hydroxyl groups excluding tert-OH is 1. The normalized spacial score (nSPS) is 35.7. The van der Waals surface area contributed by atoms with Gasteiger partial charge in [0.2, 0.25) is 0 Å². The first kappa shape index (κ1) is 8.06. The van der Waals surface area contributed by atoms with Crippen LogP contribution in [0.4, 0.5) is 0 Å². The van der Waals surface area contributed by atoms with Gasteiger partial charge in [0, 0.05) is 0 Å². The van der Waals surface area contributed by atoms with Gasteiger partial charge in [-0.25, -0.2) is 0 Å². The van der Waals surface area contributed by atoms with Crippen LogP contribution >= 0.6 is 0 Å². The van der Waals surface area contributed by atoms with Crippen LogP contribution in [0.1, 0.15) is 33.6 Å². The van der Waals surface area contributed by atoms with Crippen molar-refractivity contribution in [1.82, 2.24) is 0 Å². The molecule has 0 amide bonds. The molecule has 1 rings (SSSR count). The number of hydrogen-bond acceptors (Lipinski definition) is 1. The van der Waals surface area contributed by atoms with E-state index in [9.17, 15) is 5.11 Å². The Balaban J connectivity index is 2.24. The smallest absolute Gasteiger partial charge is 0.0591 e. The molecule has 0 aliphatic heterocycles. The van der Waals surface area contributed by atoms with Gasteiger partial charge in [0.25, 0.3) is 0 Å². The molecule has 1 nitrogen and oxygen atoms in total. The summed E-state index contributed by atoms with van der Waals surface area (Å²) in [4.78, 5) is 0. The van der Waals surface area contributed by atoms with E-state index in [2.05, 4.69) is 20.8 Å². The maximum Gasteiger partial charge on any atom is 0.0591 e. The molecule has 0 aromatic rings. The molecule has 1 N–H and O–H groups in total. The Morgan fingerprint density at radius 1 is 1.30 bits per heavy atom. The minimum Gasteiger partial charge on any atom is -0.393 e. The summed E-state index contributed by atoms with van der Waals surface area (Å²) in [5.74, 6) is 1.91. The Morgan fingerprint density at radius 2 is 1.80 bits per heavy atom. The van der Waals surface area contributed by atoms with Crippen molar-refractivity contribution in [3.05, 3.63) is 0 Å². The first-order valence-electron chi connectivity index (χ1n) is 4.29. The summed E-state index contributed by atoms with van der Waals surface area (Å²) in [5, 5.41) is 9.56. The second kappa shape index (κ2) is 2.91. The third kappa shape index (κ3) is 1.51. The van der Waals surface area contributed by atoms with E-state index in [4.69, 9.17) is 0 Å². The molecule has 1 atom stereocenters. The lowest BCUT2D eigenvalue weighted by Crippen LogP contribution is -2.35. The van der Waals surface area contributed by atoms with Gasteiger partial charge in [0.1, 0.15) is 0 Å². The predicted octanol–water partition coefficient (Wildman–Crippen LogP) is 2.05. The fraction of sp³-hybridized carbons (Fsp3) is 1.00. The zero-order valence-corrected chi connectivity index (χ0v) is 7.17. The van der Waals surface area contributed by atoms with Crippen LogP contribution < -0.4 is 0 Å². The zero-order valence-electron chi connectivity index (χ0n) is 7.17. The van der Waals surface area contributed by atoms with Crippen LogP contribution in [0.2, 0.25) is 0 Å². The van der Waals surface area contributed by atoms with Crippen LogP contribution in [0.15, 0.2) is 0 Å². The van der Waals surface area contributed by atoms with Crippen molar-refractivity contribution in [2.75, 3.05) is 0 Å². The van der Waals surface area contributed by atoms with Gasteiger partial charge < -0.3 is 5.11 Å². The minimum absolute atomic E-state index is 0.0452. The van der Waals surface area contributed by atoms with E-state index in [0.717, 1.165) is 5.92 Å². The van der Waals surface area contributed by atoms with Crippen LogP contribution in [-0.4, -0.2) is 11.2 Å². The molecule has 0 aromatic carbocycles. The third-order valence-electron chi connectivity index (χ3n) is 2.58. The van der Waals surface area contributed by atoms with Gasteiger partial charge in [-0.05, 0) is 30.6 Å². The zero-order chi connectivity index (χ0) is 7.72. The van der Waals surface area contributed by atoms with Crippen LogP contribution in [0, 0.1) is 17.8 Å². The van der Waals surface area contributed by atoms with E-state index in [1.165, 1.54) is 12.8 Å². The maximum absolute atomic E-state index is 9.56. The maximum atomic E-state index is 9.56. The van der Waals surface area contributed by atoms with Crippen molar-refractivity contribution in [2.24, 2.45) is 17.8 Å². The molecule has 10 heavy (non-hydrogen) atoms. The van der Waals surface area contributed by atoms with Crippen molar-refractivity contribution in [2.45, 2.75) is 39.7 Å². The quantitative estimate of drug-likeness (QED) is 0.625. The Bertz CT molecular complexity index is 103. The van der Waals surface area contributed by atoms with E-state index < -0.39 is 0 Å². The summed E-state index contributed by atoms with van der Waals surface area (Å²) < 4.78 is 0. The van der Waals surface area contributed by atoms with Crippen molar-refractivity contribution in [3.8, 4) is 0 Å². The molecule has 0 bridgehead atoms. The number of rotatable bonds is 2. The van der Waals surface area contributed by atoms with Crippen molar-refractivity contribution < 1.29 is 5.11 Å². The average Bonchev–Trinajstić information content (AvgIpc) is 1.79. The van der Waals surface area contributed by atoms with Crippen LogP contribution in [0.25, 0.3) is 0 Å². The lowest BCUT2D eigenvalue weighted by atomic mass is 9.71. The lowest BCUT2D eigenvalue weighted by Gasteiger charge is -2.37. The Hall–Kier alpha value is -0.0400. The van der Waals surface area contributed by atoms with Gasteiger partial charge in [-0.15, -0.1) is 0 Å². The monoisotopic (exact) mass is 142 g/mol. The van der Waals surface area contributed by atoms with E-state index in [0.29, 0.717) is 11.8 Å². The molecule has 1 fully saturated rings. The molecule has 0 spiro atoms. The molecule has 0 radical (unpaired) electrons. The molecule has 0 unspecified atom stereocenters. The summed E-state index contributed by atoms with van der Waals surface area (Å²) in [6, 6.07) is 0. The highest BCUT2D eigenvalue weighted by Gasteiger charge is 2.32. The lowest BCUT2D eigenvalue weighted by molar-refractivity contribution is 0.00303. The van der Waals surface area contributed by atoms with Crippen molar-refractivity contribution in [1.29, 1.82) is 0 Å². The minimum atomic E-state index is -0.0452. The molecular formula is C9H18O. The van der Waals surface area contributed by atoms with Gasteiger partial charge in [0.15, 0.2) is 0 Å². The number of hydrogen-bond donors (Lipinski definition) is 1. The summed E-state index contributed by atoms with van der Waals surface area (Å²) in [5.41, 5.74) is 0. The van der Waals surface area contributed by atoms with E-state index in [1.807, 2.05) is 0 Å². The fourth-order valence-electron chi connectivity index (χ4n) is 1.79. The van der Waals surface area contributed by atoms with Gasteiger partial charge >= 0.3 is 0 Å². The Morgan fingerprint density at radius 3 is 2.10 bits per heavy atom. The highest BCUT2D eigenvalue weighted by Crippen LogP contribution is 2.37. The molecule has 0 aromatic heterocycles. The summed E-state index contributed by atoms with van der Waals surface area (Å²) in [6.45, 7) is 6.44. The van der Waals surface area contributed by atoms with Gasteiger partial charge in [-0.1, -0.05) is 20.8 Å². The standard InChI is InChI=1S/C9H18O/c1-6(2)9(10)8-4-7(3)5-8/h6-10H,4-5H2,1-3H3/t7?,8?,9-/m0/s1. The van der Waals surface area contributed by atoms with Crippen LogP contribution in [-0.2, 0) is 0 Å². The van der Waals surface area contributed by atoms with Gasteiger partial charge in [-0.3, -0.25) is 0 Å². The number of aliphatic hydroxyl groups is 1. The molecule has 1 aliphatic carbocycles. The Kier molecular flexibility index (Phi) is 2.35. The first-order valence-corrected chi connectivity index (χ1v) is 4.29. The molecule has 1 heteroatoms. The highest BCUT2D eigenvalue weighted by atomic mass is 16.3. The average molecular weight is 142 g/mol. The molecule has 0 saturated heterocycles. The molecule has 0 heterocycles. The fourth-order valence-corrected chi connectivity index (χ4v) is 1.79. The topological polar surface area (TPSA) is 20.2 Å². The molecular weight excluding hydrogens is 124 g/mol. The molecule has 1 aliphatic rings. The van der Waals surface area contributed by atoms with Crippen molar-refractivity contribution >= 4 is 0 Å². The van der Waals surface area contributed by atoms with E-state index in [1.54, 1.807) is 0 Å². The first-order chi connectivity index (χ1) is 4.61. The Labute approximate surface area is 63.4 Å². The third-order valence-corrected chi connectivity index (χ3v) is 2.58. The summed E-state index contributed by atoms with van der Waals surface area (Å²) >= 11 is 0. The predicted molar refractivity (Wildman–Crippen MR) is 42.7 cm³/mol. The SMILES string of the molecule is CC1CC([C@@H](O)C(C)C)C1. The van der Waals surface area contributed by atoms with Crippen LogP contribution in [0.3, 0.4) is 0 Å². The highest BCUT2D eigenvalue weighted by molar-refractivity contribution is 4.83. The van der Waals surface area contributed by atoms with E-state index >= 15 is 0 Å². The molecule has 1 saturated carbocycles. The summed E-state index contributed by atoms with van der Waals surface area (Å²) in [6.07, 6.45) is 2.43. The second-order valence-electron chi connectivity index (χ2n) is 4.07. The summed E-state index contributed by atoms with van der Waals surface area (Å²) in [7, 11) is 0. The largest absolute Gasteiger partial charge is 0.393 e. The van der Waals surface area contributed by atoms with E-state index in [-0.39, 0.29) is 6.10 Å². The molecule has 60 valence electrons. The van der Waals surface area contributed by atoms with Crippen molar-refractivity contribution in [3.63, 3.8) is 0 Å². The van der Waals surface area contributed by atoms with Gasteiger partial charge in [0.05, 0.1) is 6.10 Å². The van der Waals surface area contributed by atoms with Gasteiger partial charge in [-0.2, -0.15) is 0 Å². The second-order valence-corrected chi connectivity index (χ2v) is 4.07.